The molecular formula is C12H16O2. The van der Waals surface area contributed by atoms with Crippen LogP contribution in [0.25, 0.3) is 0 Å². The number of hydrogen-bond acceptors (Lipinski definition) is 2. The average Bonchev–Trinajstić information content (AvgIpc) is 2.12. The molecule has 2 aliphatic carbocycles. The fraction of sp³-hybridized carbons (Fsp3) is 0.667. The molecule has 0 aliphatic heterocycles. The molecule has 2 heteroatoms. The first-order chi connectivity index (χ1) is 6.53. The van der Waals surface area contributed by atoms with Gasteiger partial charge in [-0.1, -0.05) is 12.5 Å². The summed E-state index contributed by atoms with van der Waals surface area (Å²) in [5.74, 6) is 0.644. The summed E-state index contributed by atoms with van der Waals surface area (Å²) in [5.41, 5.74) is 2.20. The molecule has 0 amide bonds. The van der Waals surface area contributed by atoms with Gasteiger partial charge < -0.3 is 0 Å². The van der Waals surface area contributed by atoms with E-state index >= 15 is 0 Å². The van der Waals surface area contributed by atoms with E-state index in [1.807, 2.05) is 6.92 Å². The fourth-order valence-corrected chi connectivity index (χ4v) is 2.82. The topological polar surface area (TPSA) is 34.1 Å². The molecule has 0 aromatic carbocycles. The molecule has 0 saturated heterocycles. The molecule has 0 unspecified atom stereocenters. The van der Waals surface area contributed by atoms with E-state index in [0.717, 1.165) is 18.4 Å². The number of allylic oxidation sites excluding steroid dienone is 2. The van der Waals surface area contributed by atoms with Crippen LogP contribution < -0.4 is 0 Å². The number of carbonyl (C=O) groups excluding carboxylic acids is 2. The van der Waals surface area contributed by atoms with Gasteiger partial charge in [0.15, 0.2) is 5.78 Å². The second kappa shape index (κ2) is 3.04. The highest BCUT2D eigenvalue weighted by Gasteiger charge is 2.40. The van der Waals surface area contributed by atoms with Crippen LogP contribution >= 0.6 is 0 Å². The third-order valence-corrected chi connectivity index (χ3v) is 3.74. The highest BCUT2D eigenvalue weighted by atomic mass is 16.1. The van der Waals surface area contributed by atoms with Gasteiger partial charge in [-0.3, -0.25) is 9.59 Å². The molecule has 76 valence electrons. The van der Waals surface area contributed by atoms with Crippen LogP contribution in [0, 0.1) is 5.41 Å². The lowest BCUT2D eigenvalue weighted by molar-refractivity contribution is -0.124. The number of carbonyl (C=O) groups is 2. The standard InChI is InChI=1S/C12H16O2/c1-8-10-4-3-9(13)7-12(10,2)6-5-11(8)14/h3-7H2,1-2H3/t12-/m1/s1. The van der Waals surface area contributed by atoms with Gasteiger partial charge in [0.25, 0.3) is 0 Å². The zero-order valence-corrected chi connectivity index (χ0v) is 8.85. The molecule has 0 spiro atoms. The van der Waals surface area contributed by atoms with Crippen LogP contribution in [0.4, 0.5) is 0 Å². The maximum Gasteiger partial charge on any atom is 0.158 e. The Bertz CT molecular complexity index is 338. The lowest BCUT2D eigenvalue weighted by Crippen LogP contribution is -2.34. The second-order valence-electron chi connectivity index (χ2n) is 4.80. The van der Waals surface area contributed by atoms with Gasteiger partial charge in [-0.25, -0.2) is 0 Å². The van der Waals surface area contributed by atoms with Crippen LogP contribution in [0.3, 0.4) is 0 Å². The number of fused-ring (bicyclic) bond motifs is 1. The Balaban J connectivity index is 2.42. The molecule has 0 aromatic heterocycles. The molecule has 2 aliphatic rings. The van der Waals surface area contributed by atoms with E-state index < -0.39 is 0 Å². The summed E-state index contributed by atoms with van der Waals surface area (Å²) >= 11 is 0. The van der Waals surface area contributed by atoms with Gasteiger partial charge in [-0.2, -0.15) is 0 Å². The number of hydrogen-bond donors (Lipinski definition) is 0. The normalized spacial score (nSPS) is 33.3. The van der Waals surface area contributed by atoms with E-state index in [1.54, 1.807) is 0 Å². The van der Waals surface area contributed by atoms with Crippen LogP contribution in [0.5, 0.6) is 0 Å². The van der Waals surface area contributed by atoms with E-state index in [9.17, 15) is 9.59 Å². The van der Waals surface area contributed by atoms with Crippen LogP contribution in [0.2, 0.25) is 0 Å². The second-order valence-corrected chi connectivity index (χ2v) is 4.80. The lowest BCUT2D eigenvalue weighted by atomic mass is 9.63. The molecule has 14 heavy (non-hydrogen) atoms. The Kier molecular flexibility index (Phi) is 2.09. The van der Waals surface area contributed by atoms with Crippen molar-refractivity contribution in [3.05, 3.63) is 11.1 Å². The van der Waals surface area contributed by atoms with Crippen molar-refractivity contribution in [2.75, 3.05) is 0 Å². The van der Waals surface area contributed by atoms with Gasteiger partial charge in [-0.15, -0.1) is 0 Å². The first-order valence-corrected chi connectivity index (χ1v) is 5.28. The summed E-state index contributed by atoms with van der Waals surface area (Å²) < 4.78 is 0. The van der Waals surface area contributed by atoms with E-state index in [1.165, 1.54) is 5.57 Å². The van der Waals surface area contributed by atoms with Crippen LogP contribution in [0.15, 0.2) is 11.1 Å². The van der Waals surface area contributed by atoms with Gasteiger partial charge in [0.1, 0.15) is 5.78 Å². The van der Waals surface area contributed by atoms with Crippen molar-refractivity contribution < 1.29 is 9.59 Å². The van der Waals surface area contributed by atoms with E-state index in [2.05, 4.69) is 6.92 Å². The van der Waals surface area contributed by atoms with Gasteiger partial charge in [0, 0.05) is 19.3 Å². The van der Waals surface area contributed by atoms with Crippen molar-refractivity contribution in [1.29, 1.82) is 0 Å². The van der Waals surface area contributed by atoms with E-state index in [4.69, 9.17) is 0 Å². The molecule has 0 N–H and O–H groups in total. The van der Waals surface area contributed by atoms with Crippen LogP contribution in [-0.4, -0.2) is 11.6 Å². The number of rotatable bonds is 0. The van der Waals surface area contributed by atoms with Crippen LogP contribution in [-0.2, 0) is 9.59 Å². The summed E-state index contributed by atoms with van der Waals surface area (Å²) in [6.07, 6.45) is 3.58. The van der Waals surface area contributed by atoms with Gasteiger partial charge in [0.05, 0.1) is 0 Å². The summed E-state index contributed by atoms with van der Waals surface area (Å²) in [6.45, 7) is 4.06. The van der Waals surface area contributed by atoms with Crippen molar-refractivity contribution in [3.63, 3.8) is 0 Å². The summed E-state index contributed by atoms with van der Waals surface area (Å²) in [7, 11) is 0. The maximum absolute atomic E-state index is 11.5. The zero-order chi connectivity index (χ0) is 10.3. The molecule has 2 nitrogen and oxygen atoms in total. The third-order valence-electron chi connectivity index (χ3n) is 3.74. The summed E-state index contributed by atoms with van der Waals surface area (Å²) in [4.78, 5) is 22.9. The third kappa shape index (κ3) is 1.33. The van der Waals surface area contributed by atoms with Gasteiger partial charge >= 0.3 is 0 Å². The maximum atomic E-state index is 11.5. The Hall–Kier alpha value is -0.920. The molecule has 0 heterocycles. The minimum absolute atomic E-state index is 0.00727. The van der Waals surface area contributed by atoms with Gasteiger partial charge in [-0.05, 0) is 30.8 Å². The highest BCUT2D eigenvalue weighted by molar-refractivity contribution is 5.97. The van der Waals surface area contributed by atoms with Crippen molar-refractivity contribution in [2.24, 2.45) is 5.41 Å². The summed E-state index contributed by atoms with van der Waals surface area (Å²) in [5, 5.41) is 0. The van der Waals surface area contributed by atoms with E-state index in [0.29, 0.717) is 25.0 Å². The largest absolute Gasteiger partial charge is 0.300 e. The van der Waals surface area contributed by atoms with Gasteiger partial charge in [0.2, 0.25) is 0 Å². The SMILES string of the molecule is CC1=C2CCC(=O)C[C@@]2(C)CCC1=O. The predicted octanol–water partition coefficient (Wildman–Crippen LogP) is 2.43. The molecule has 0 bridgehead atoms. The minimum Gasteiger partial charge on any atom is -0.300 e. The average molecular weight is 192 g/mol. The smallest absolute Gasteiger partial charge is 0.158 e. The monoisotopic (exact) mass is 192 g/mol. The Morgan fingerprint density at radius 3 is 2.57 bits per heavy atom. The molecular weight excluding hydrogens is 176 g/mol. The predicted molar refractivity (Wildman–Crippen MR) is 53.9 cm³/mol. The minimum atomic E-state index is 0.00727. The highest BCUT2D eigenvalue weighted by Crippen LogP contribution is 2.47. The van der Waals surface area contributed by atoms with Crippen molar-refractivity contribution >= 4 is 11.6 Å². The molecule has 1 atom stereocenters. The van der Waals surface area contributed by atoms with Crippen LogP contribution in [0.1, 0.15) is 46.0 Å². The Morgan fingerprint density at radius 1 is 1.14 bits per heavy atom. The first-order valence-electron chi connectivity index (χ1n) is 5.28. The van der Waals surface area contributed by atoms with Crippen molar-refractivity contribution in [1.82, 2.24) is 0 Å². The molecule has 1 fully saturated rings. The van der Waals surface area contributed by atoms with Crippen molar-refractivity contribution in [3.8, 4) is 0 Å². The summed E-state index contributed by atoms with van der Waals surface area (Å²) in [6, 6.07) is 0. The number of ketones is 2. The number of Topliss-reactive ketones (excluding diaryl/α,β-unsaturated/α-hetero) is 2. The first kappa shape index (κ1) is 9.63. The molecule has 1 saturated carbocycles. The fourth-order valence-electron chi connectivity index (χ4n) is 2.82. The zero-order valence-electron chi connectivity index (χ0n) is 8.85. The Labute approximate surface area is 84.4 Å². The van der Waals surface area contributed by atoms with Crippen molar-refractivity contribution in [2.45, 2.75) is 46.0 Å². The Morgan fingerprint density at radius 2 is 1.86 bits per heavy atom. The molecule has 0 radical (unpaired) electrons. The van der Waals surface area contributed by atoms with E-state index in [-0.39, 0.29) is 11.2 Å². The quantitative estimate of drug-likeness (QED) is 0.590. The molecule has 0 aromatic rings. The molecule has 2 rings (SSSR count). The lowest BCUT2D eigenvalue weighted by Gasteiger charge is -2.39.